The van der Waals surface area contributed by atoms with Gasteiger partial charge in [0.25, 0.3) is 0 Å². The van der Waals surface area contributed by atoms with Gasteiger partial charge in [0, 0.05) is 30.7 Å². The van der Waals surface area contributed by atoms with E-state index in [0.717, 1.165) is 17.2 Å². The summed E-state index contributed by atoms with van der Waals surface area (Å²) < 4.78 is 76.2. The van der Waals surface area contributed by atoms with E-state index < -0.39 is 78.6 Å². The number of nitrogens with one attached hydrogen (secondary N) is 2. The Morgan fingerprint density at radius 1 is 1.12 bits per heavy atom. The van der Waals surface area contributed by atoms with Crippen LogP contribution in [0.5, 0.6) is 0 Å². The number of hydrogen-bond acceptors (Lipinski definition) is 18. The van der Waals surface area contributed by atoms with Crippen molar-refractivity contribution in [2.75, 3.05) is 32.1 Å². The first kappa shape index (κ1) is 42.3. The molecule has 282 valence electrons. The summed E-state index contributed by atoms with van der Waals surface area (Å²) in [5.74, 6) is -1.07. The number of aromatic nitrogens is 4. The van der Waals surface area contributed by atoms with Crippen LogP contribution in [0.25, 0.3) is 11.2 Å². The fraction of sp³-hybridized carbons (Fsp3) is 0.667. The number of hydrogen-bond donors (Lipinski definition) is 9. The van der Waals surface area contributed by atoms with Gasteiger partial charge in [-0.25, -0.2) is 28.6 Å². The first-order valence-corrected chi connectivity index (χ1v) is 19.8. The number of nitrogens with zero attached hydrogens (tertiary/aromatic N) is 5. The smallest absolute Gasteiger partial charge is 0.386 e. The molecule has 1 saturated heterocycles. The zero-order valence-corrected chi connectivity index (χ0v) is 30.3. The number of aliphatic hydroxyl groups is 2. The Bertz CT molecular complexity index is 1720. The standard InChI is InChI=1S/C21H34N7O17P3S2/c1-21(2,16(31)19(32)23-4-3-12(29)22-5-6-49)8-42-48(38,39)45-47(36,37)41-7-11-15(44-46(33,34)35)14(30)20(43-11)28-10-26-13-17(27-50-40)24-9-25-18(13)28/h9-11,14-16,20,30-31,49H,3-8H2,1-2H3,(H,22,29)(H,23,32)(H,36,37)(H,38,39)(H2,33,34,35)/t11-,14-,15-,16+,20-/m1/s1. The third-order valence-electron chi connectivity index (χ3n) is 6.59. The third kappa shape index (κ3) is 12.0. The van der Waals surface area contributed by atoms with E-state index in [1.807, 2.05) is 0 Å². The fourth-order valence-corrected chi connectivity index (χ4v) is 7.35. The van der Waals surface area contributed by atoms with Gasteiger partial charge >= 0.3 is 23.5 Å². The van der Waals surface area contributed by atoms with Crippen molar-refractivity contribution in [1.29, 1.82) is 0 Å². The van der Waals surface area contributed by atoms with E-state index in [9.17, 15) is 57.3 Å². The molecule has 2 aromatic rings. The lowest BCUT2D eigenvalue weighted by molar-refractivity contribution is -0.137. The lowest BCUT2D eigenvalue weighted by Gasteiger charge is -2.30. The summed E-state index contributed by atoms with van der Waals surface area (Å²) in [7, 11) is -16.4. The third-order valence-corrected chi connectivity index (χ3v) is 10.2. The van der Waals surface area contributed by atoms with E-state index in [2.05, 4.69) is 51.4 Å². The number of aliphatic hydroxyl groups excluding tert-OH is 2. The number of phosphoric acid groups is 3. The zero-order chi connectivity index (χ0) is 37.5. The monoisotopic (exact) mass is 813 g/mol. The summed E-state index contributed by atoms with van der Waals surface area (Å²) in [5, 5.41) is 26.1. The van der Waals surface area contributed by atoms with E-state index in [0.29, 0.717) is 12.3 Å². The number of imidazole rings is 1. The van der Waals surface area contributed by atoms with Gasteiger partial charge in [0.05, 0.1) is 19.5 Å². The second-order valence-corrected chi connectivity index (χ2v) is 15.9. The fourth-order valence-electron chi connectivity index (χ4n) is 4.21. The molecule has 1 aliphatic rings. The summed E-state index contributed by atoms with van der Waals surface area (Å²) in [5.41, 5.74) is -1.67. The Labute approximate surface area is 291 Å². The van der Waals surface area contributed by atoms with Gasteiger partial charge in [-0.2, -0.15) is 21.1 Å². The number of amides is 2. The average molecular weight is 814 g/mol. The minimum Gasteiger partial charge on any atom is -0.386 e. The summed E-state index contributed by atoms with van der Waals surface area (Å²) in [6.07, 6.45) is -7.11. The van der Waals surface area contributed by atoms with E-state index in [-0.39, 0.29) is 47.3 Å². The number of ether oxygens (including phenoxy) is 1. The quantitative estimate of drug-likeness (QED) is 0.0593. The summed E-state index contributed by atoms with van der Waals surface area (Å²) in [6, 6.07) is 0. The van der Waals surface area contributed by atoms with E-state index in [1.165, 1.54) is 13.8 Å². The maximum Gasteiger partial charge on any atom is 0.481 e. The minimum atomic E-state index is -5.57. The molecule has 1 fully saturated rings. The van der Waals surface area contributed by atoms with Gasteiger partial charge in [-0.3, -0.25) is 27.7 Å². The highest BCUT2D eigenvalue weighted by molar-refractivity contribution is 7.80. The van der Waals surface area contributed by atoms with Crippen LogP contribution in [0.15, 0.2) is 17.0 Å². The molecular formula is C21H34N7O17P3S2. The van der Waals surface area contributed by atoms with Crippen molar-refractivity contribution >= 4 is 76.4 Å². The maximum atomic E-state index is 12.6. The van der Waals surface area contributed by atoms with Gasteiger partial charge in [-0.1, -0.05) is 13.8 Å². The zero-order valence-electron chi connectivity index (χ0n) is 25.9. The van der Waals surface area contributed by atoms with Crippen LogP contribution in [-0.4, -0.2) is 122 Å². The van der Waals surface area contributed by atoms with Crippen molar-refractivity contribution in [2.24, 2.45) is 9.78 Å². The van der Waals surface area contributed by atoms with E-state index in [1.54, 1.807) is 0 Å². The molecule has 0 bridgehead atoms. The van der Waals surface area contributed by atoms with Crippen LogP contribution in [0, 0.1) is 5.41 Å². The second kappa shape index (κ2) is 17.6. The molecule has 0 saturated carbocycles. The van der Waals surface area contributed by atoms with Gasteiger partial charge in [-0.15, -0.1) is 4.36 Å². The Hall–Kier alpha value is -2.09. The van der Waals surface area contributed by atoms with Crippen molar-refractivity contribution in [1.82, 2.24) is 30.2 Å². The molecule has 0 aromatic carbocycles. The Morgan fingerprint density at radius 3 is 2.44 bits per heavy atom. The molecule has 0 radical (unpaired) electrons. The molecule has 29 heteroatoms. The predicted octanol–water partition coefficient (Wildman–Crippen LogP) is -1.22. The molecule has 50 heavy (non-hydrogen) atoms. The topological polar surface area (TPSA) is 350 Å². The van der Waals surface area contributed by atoms with Crippen LogP contribution in [-0.2, 0) is 57.4 Å². The van der Waals surface area contributed by atoms with Gasteiger partial charge < -0.3 is 45.2 Å². The Balaban J connectivity index is 1.64. The number of carbonyl (C=O) groups is 2. The number of phosphoric ester groups is 3. The molecule has 2 unspecified atom stereocenters. The van der Waals surface area contributed by atoms with Gasteiger partial charge in [-0.05, 0) is 0 Å². The number of thiol groups is 1. The lowest BCUT2D eigenvalue weighted by atomic mass is 9.87. The average Bonchev–Trinajstić information content (AvgIpc) is 3.57. The van der Waals surface area contributed by atoms with Crippen LogP contribution in [0.3, 0.4) is 0 Å². The second-order valence-electron chi connectivity index (χ2n) is 10.9. The number of fused-ring (bicyclic) bond motifs is 1. The van der Waals surface area contributed by atoms with E-state index >= 15 is 0 Å². The molecule has 3 heterocycles. The molecule has 0 aliphatic carbocycles. The minimum absolute atomic E-state index is 0.0216. The highest BCUT2D eigenvalue weighted by Gasteiger charge is 2.50. The maximum absolute atomic E-state index is 12.6. The first-order valence-electron chi connectivity index (χ1n) is 13.9. The molecule has 0 spiro atoms. The Morgan fingerprint density at radius 2 is 1.80 bits per heavy atom. The molecule has 2 amide bonds. The molecule has 7 atom stereocenters. The van der Waals surface area contributed by atoms with Crippen LogP contribution in [0.2, 0.25) is 0 Å². The van der Waals surface area contributed by atoms with Crippen molar-refractivity contribution < 1.29 is 79.9 Å². The molecule has 3 rings (SSSR count). The SMILES string of the molecule is CC(C)(COP(=O)(O)OP(=O)(O)OC[C@H]1O[C@@H](n2cnc3c(N=S=O)ncnc32)[C@H](O)[C@@H]1OP(=O)(O)O)[C@@H](O)C(=O)NCCC(=O)NCCS. The molecule has 2 aromatic heterocycles. The number of rotatable bonds is 19. The summed E-state index contributed by atoms with van der Waals surface area (Å²) >= 11 is 3.77. The van der Waals surface area contributed by atoms with Crippen LogP contribution >= 0.6 is 36.1 Å². The lowest BCUT2D eigenvalue weighted by Crippen LogP contribution is -2.46. The molecular weight excluding hydrogens is 779 g/mol. The highest BCUT2D eigenvalue weighted by Crippen LogP contribution is 2.61. The first-order chi connectivity index (χ1) is 23.2. The highest BCUT2D eigenvalue weighted by atomic mass is 32.1. The Kier molecular flexibility index (Phi) is 14.9. The van der Waals surface area contributed by atoms with Crippen LogP contribution in [0.1, 0.15) is 26.5 Å². The van der Waals surface area contributed by atoms with Crippen LogP contribution in [0.4, 0.5) is 5.82 Å². The van der Waals surface area contributed by atoms with Crippen molar-refractivity contribution in [3.05, 3.63) is 12.7 Å². The van der Waals surface area contributed by atoms with E-state index in [4.69, 9.17) is 13.8 Å². The van der Waals surface area contributed by atoms with Crippen molar-refractivity contribution in [3.8, 4) is 0 Å². The molecule has 1 aliphatic heterocycles. The summed E-state index contributed by atoms with van der Waals surface area (Å²) in [6.45, 7) is 0.635. The van der Waals surface area contributed by atoms with Gasteiger partial charge in [0.2, 0.25) is 23.3 Å². The largest absolute Gasteiger partial charge is 0.481 e. The van der Waals surface area contributed by atoms with Gasteiger partial charge in [0.1, 0.15) is 30.7 Å². The van der Waals surface area contributed by atoms with Crippen molar-refractivity contribution in [3.63, 3.8) is 0 Å². The normalized spacial score (nSPS) is 22.7. The molecule has 8 N–H and O–H groups in total. The summed E-state index contributed by atoms with van der Waals surface area (Å²) in [4.78, 5) is 74.8. The van der Waals surface area contributed by atoms with Crippen LogP contribution < -0.4 is 10.6 Å². The van der Waals surface area contributed by atoms with Gasteiger partial charge in [0.15, 0.2) is 23.2 Å². The van der Waals surface area contributed by atoms with Crippen molar-refractivity contribution in [2.45, 2.75) is 50.9 Å². The predicted molar refractivity (Wildman–Crippen MR) is 169 cm³/mol. The number of carbonyl (C=O) groups excluding carboxylic acids is 2. The molecule has 24 nitrogen and oxygen atoms in total.